The van der Waals surface area contributed by atoms with Gasteiger partial charge in [0.2, 0.25) is 0 Å². The van der Waals surface area contributed by atoms with Crippen LogP contribution in [0.4, 0.5) is 0 Å². The average Bonchev–Trinajstić information content (AvgIpc) is 2.43. The highest BCUT2D eigenvalue weighted by Gasteiger charge is 2.04. The Labute approximate surface area is 77.2 Å². The predicted octanol–water partition coefficient (Wildman–Crippen LogP) is 1.23. The summed E-state index contributed by atoms with van der Waals surface area (Å²) in [5, 5.41) is 8.47. The zero-order valence-electron chi connectivity index (χ0n) is 7.95. The van der Waals surface area contributed by atoms with Crippen molar-refractivity contribution in [1.82, 2.24) is 9.55 Å². The van der Waals surface area contributed by atoms with Crippen LogP contribution in [0.1, 0.15) is 24.9 Å². The zero-order chi connectivity index (χ0) is 9.84. The minimum atomic E-state index is -0.774. The molecule has 0 fully saturated rings. The highest BCUT2D eigenvalue weighted by Crippen LogP contribution is 2.04. The molecule has 0 aliphatic rings. The normalized spacial score (nSPS) is 10.3. The minimum Gasteiger partial charge on any atom is -0.481 e. The van der Waals surface area contributed by atoms with Crippen LogP contribution in [0.5, 0.6) is 0 Å². The van der Waals surface area contributed by atoms with Gasteiger partial charge in [-0.2, -0.15) is 0 Å². The maximum atomic E-state index is 10.3. The molecule has 1 aromatic heterocycles. The highest BCUT2D eigenvalue weighted by molar-refractivity contribution is 5.66. The van der Waals surface area contributed by atoms with E-state index in [9.17, 15) is 4.79 Å². The largest absolute Gasteiger partial charge is 0.481 e. The highest BCUT2D eigenvalue weighted by atomic mass is 16.4. The summed E-state index contributed by atoms with van der Waals surface area (Å²) in [5.41, 5.74) is 0.863. The lowest BCUT2D eigenvalue weighted by Crippen LogP contribution is -1.97. The second-order valence-corrected chi connectivity index (χ2v) is 2.96. The third-order valence-corrected chi connectivity index (χ3v) is 1.96. The molecule has 1 rings (SSSR count). The van der Waals surface area contributed by atoms with Gasteiger partial charge in [-0.25, -0.2) is 4.98 Å². The number of carboxylic acid groups (broad SMARTS) is 1. The summed E-state index contributed by atoms with van der Waals surface area (Å²) in [6.07, 6.45) is 2.58. The van der Waals surface area contributed by atoms with E-state index in [1.54, 1.807) is 0 Å². The van der Waals surface area contributed by atoms with E-state index in [1.165, 1.54) is 0 Å². The van der Waals surface area contributed by atoms with E-state index in [2.05, 4.69) is 4.98 Å². The molecule has 0 atom stereocenters. The van der Waals surface area contributed by atoms with E-state index in [-0.39, 0.29) is 6.42 Å². The summed E-state index contributed by atoms with van der Waals surface area (Å²) in [6, 6.07) is 0. The summed E-state index contributed by atoms with van der Waals surface area (Å²) in [7, 11) is 0. The SMILES string of the molecule is CCn1cc(CCC(=O)O)nc1C. The van der Waals surface area contributed by atoms with Gasteiger partial charge in [-0.1, -0.05) is 0 Å². The Morgan fingerprint density at radius 3 is 2.85 bits per heavy atom. The number of hydrogen-bond donors (Lipinski definition) is 1. The van der Waals surface area contributed by atoms with Crippen LogP contribution >= 0.6 is 0 Å². The van der Waals surface area contributed by atoms with E-state index in [0.717, 1.165) is 18.1 Å². The number of imidazole rings is 1. The Hall–Kier alpha value is -1.32. The minimum absolute atomic E-state index is 0.153. The lowest BCUT2D eigenvalue weighted by Gasteiger charge is -1.95. The quantitative estimate of drug-likeness (QED) is 0.761. The molecule has 0 spiro atoms. The molecule has 0 amide bonds. The van der Waals surface area contributed by atoms with Crippen molar-refractivity contribution in [2.75, 3.05) is 0 Å². The van der Waals surface area contributed by atoms with Crippen molar-refractivity contribution >= 4 is 5.97 Å². The molecule has 4 heteroatoms. The average molecular weight is 182 g/mol. The summed E-state index contributed by atoms with van der Waals surface area (Å²) in [6.45, 7) is 4.84. The molecule has 1 N–H and O–H groups in total. The lowest BCUT2D eigenvalue weighted by atomic mass is 10.2. The number of aromatic nitrogens is 2. The maximum Gasteiger partial charge on any atom is 0.303 e. The summed E-state index contributed by atoms with van der Waals surface area (Å²) >= 11 is 0. The van der Waals surface area contributed by atoms with Crippen molar-refractivity contribution in [2.45, 2.75) is 33.2 Å². The first-order valence-corrected chi connectivity index (χ1v) is 4.38. The van der Waals surface area contributed by atoms with Gasteiger partial charge in [0.1, 0.15) is 5.82 Å². The molecular formula is C9H14N2O2. The molecular weight excluding hydrogens is 168 g/mol. The second-order valence-electron chi connectivity index (χ2n) is 2.96. The van der Waals surface area contributed by atoms with Crippen LogP contribution < -0.4 is 0 Å². The topological polar surface area (TPSA) is 55.1 Å². The first-order valence-electron chi connectivity index (χ1n) is 4.38. The molecule has 1 aromatic rings. The standard InChI is InChI=1S/C9H14N2O2/c1-3-11-6-8(10-7(11)2)4-5-9(12)13/h6H,3-5H2,1-2H3,(H,12,13). The lowest BCUT2D eigenvalue weighted by molar-refractivity contribution is -0.136. The molecule has 0 unspecified atom stereocenters. The van der Waals surface area contributed by atoms with Crippen LogP contribution in [0.3, 0.4) is 0 Å². The fraction of sp³-hybridized carbons (Fsp3) is 0.556. The van der Waals surface area contributed by atoms with Crippen LogP contribution in [-0.4, -0.2) is 20.6 Å². The zero-order valence-corrected chi connectivity index (χ0v) is 7.95. The van der Waals surface area contributed by atoms with Gasteiger partial charge in [-0.3, -0.25) is 4.79 Å². The third-order valence-electron chi connectivity index (χ3n) is 1.96. The van der Waals surface area contributed by atoms with Crippen LogP contribution in [0.15, 0.2) is 6.20 Å². The Morgan fingerprint density at radius 1 is 1.69 bits per heavy atom. The second kappa shape index (κ2) is 4.07. The Bertz CT molecular complexity index is 305. The number of aliphatic carboxylic acids is 1. The number of carboxylic acids is 1. The first-order chi connectivity index (χ1) is 6.13. The monoisotopic (exact) mass is 182 g/mol. The van der Waals surface area contributed by atoms with Crippen molar-refractivity contribution in [2.24, 2.45) is 0 Å². The van der Waals surface area contributed by atoms with E-state index < -0.39 is 5.97 Å². The Kier molecular flexibility index (Phi) is 3.06. The fourth-order valence-corrected chi connectivity index (χ4v) is 1.25. The maximum absolute atomic E-state index is 10.3. The number of nitrogens with zero attached hydrogens (tertiary/aromatic N) is 2. The van der Waals surface area contributed by atoms with Crippen LogP contribution in [0.25, 0.3) is 0 Å². The Morgan fingerprint density at radius 2 is 2.38 bits per heavy atom. The van der Waals surface area contributed by atoms with Gasteiger partial charge >= 0.3 is 5.97 Å². The van der Waals surface area contributed by atoms with Gasteiger partial charge in [0.25, 0.3) is 0 Å². The van der Waals surface area contributed by atoms with E-state index in [0.29, 0.717) is 6.42 Å². The molecule has 72 valence electrons. The fourth-order valence-electron chi connectivity index (χ4n) is 1.25. The molecule has 0 aliphatic heterocycles. The molecule has 0 saturated carbocycles. The van der Waals surface area contributed by atoms with Gasteiger partial charge in [0.05, 0.1) is 12.1 Å². The summed E-state index contributed by atoms with van der Waals surface area (Å²) in [4.78, 5) is 14.6. The van der Waals surface area contributed by atoms with Crippen molar-refractivity contribution < 1.29 is 9.90 Å². The number of rotatable bonds is 4. The molecule has 4 nitrogen and oxygen atoms in total. The van der Waals surface area contributed by atoms with Crippen LogP contribution in [0.2, 0.25) is 0 Å². The smallest absolute Gasteiger partial charge is 0.303 e. The van der Waals surface area contributed by atoms with Gasteiger partial charge in [-0.05, 0) is 13.8 Å². The van der Waals surface area contributed by atoms with Gasteiger partial charge in [-0.15, -0.1) is 0 Å². The summed E-state index contributed by atoms with van der Waals surface area (Å²) < 4.78 is 2.01. The van der Waals surface area contributed by atoms with Crippen LogP contribution in [0, 0.1) is 6.92 Å². The Balaban J connectivity index is 2.62. The first kappa shape index (κ1) is 9.77. The third kappa shape index (κ3) is 2.57. The van der Waals surface area contributed by atoms with E-state index >= 15 is 0 Å². The van der Waals surface area contributed by atoms with Crippen molar-refractivity contribution in [3.05, 3.63) is 17.7 Å². The number of carbonyl (C=O) groups is 1. The van der Waals surface area contributed by atoms with Crippen molar-refractivity contribution in [3.63, 3.8) is 0 Å². The molecule has 0 aliphatic carbocycles. The van der Waals surface area contributed by atoms with E-state index in [4.69, 9.17) is 5.11 Å². The molecule has 13 heavy (non-hydrogen) atoms. The van der Waals surface area contributed by atoms with Crippen molar-refractivity contribution in [1.29, 1.82) is 0 Å². The van der Waals surface area contributed by atoms with Gasteiger partial charge in [0, 0.05) is 19.2 Å². The molecule has 0 saturated heterocycles. The number of hydrogen-bond acceptors (Lipinski definition) is 2. The van der Waals surface area contributed by atoms with Gasteiger partial charge in [0.15, 0.2) is 0 Å². The number of aryl methyl sites for hydroxylation is 3. The van der Waals surface area contributed by atoms with Crippen molar-refractivity contribution in [3.8, 4) is 0 Å². The molecule has 0 aromatic carbocycles. The predicted molar refractivity (Wildman–Crippen MR) is 48.6 cm³/mol. The summed E-state index contributed by atoms with van der Waals surface area (Å²) in [5.74, 6) is 0.173. The molecule has 0 bridgehead atoms. The molecule has 1 heterocycles. The van der Waals surface area contributed by atoms with Gasteiger partial charge < -0.3 is 9.67 Å². The van der Waals surface area contributed by atoms with Crippen LogP contribution in [-0.2, 0) is 17.8 Å². The van der Waals surface area contributed by atoms with E-state index in [1.807, 2.05) is 24.6 Å². The molecule has 0 radical (unpaired) electrons.